The van der Waals surface area contributed by atoms with E-state index in [9.17, 15) is 13.2 Å². The zero-order valence-electron chi connectivity index (χ0n) is 15.3. The summed E-state index contributed by atoms with van der Waals surface area (Å²) in [6.07, 6.45) is 3.93. The average Bonchev–Trinajstić information content (AvgIpc) is 3.15. The van der Waals surface area contributed by atoms with Crippen LogP contribution in [0.4, 0.5) is 5.69 Å². The van der Waals surface area contributed by atoms with Crippen LogP contribution in [0.5, 0.6) is 0 Å². The monoisotopic (exact) mass is 416 g/mol. The maximum Gasteiger partial charge on any atom is 0.251 e. The molecule has 0 aliphatic heterocycles. The molecule has 0 bridgehead atoms. The highest BCUT2D eigenvalue weighted by atomic mass is 32.2. The van der Waals surface area contributed by atoms with Gasteiger partial charge in [0.25, 0.3) is 5.91 Å². The van der Waals surface area contributed by atoms with Crippen LogP contribution in [0, 0.1) is 0 Å². The number of carbonyl (C=O) groups excluding carboxylic acids is 1. The Hall–Kier alpha value is -2.78. The van der Waals surface area contributed by atoms with Crippen LogP contribution in [0.25, 0.3) is 11.3 Å². The number of thiazole rings is 1. The number of nitrogens with one attached hydrogen (secondary N) is 2. The summed E-state index contributed by atoms with van der Waals surface area (Å²) in [6, 6.07) is 10.2. The van der Waals surface area contributed by atoms with Gasteiger partial charge in [0.05, 0.1) is 18.0 Å². The highest BCUT2D eigenvalue weighted by Gasteiger charge is 2.12. The number of carbonyl (C=O) groups is 1. The van der Waals surface area contributed by atoms with Gasteiger partial charge < -0.3 is 5.32 Å². The van der Waals surface area contributed by atoms with E-state index in [1.807, 2.05) is 17.5 Å². The van der Waals surface area contributed by atoms with Gasteiger partial charge in [-0.05, 0) is 36.8 Å². The Morgan fingerprint density at radius 1 is 1.18 bits per heavy atom. The van der Waals surface area contributed by atoms with Crippen molar-refractivity contribution < 1.29 is 13.2 Å². The Morgan fingerprint density at radius 2 is 1.96 bits per heavy atom. The molecule has 0 spiro atoms. The van der Waals surface area contributed by atoms with Crippen LogP contribution in [-0.4, -0.2) is 30.0 Å². The summed E-state index contributed by atoms with van der Waals surface area (Å²) in [7, 11) is -3.40. The van der Waals surface area contributed by atoms with Gasteiger partial charge in [-0.3, -0.25) is 14.5 Å². The zero-order chi connectivity index (χ0) is 20.0. The molecule has 7 nitrogen and oxygen atoms in total. The Bertz CT molecular complexity index is 1050. The smallest absolute Gasteiger partial charge is 0.251 e. The third kappa shape index (κ3) is 5.37. The second-order valence-electron chi connectivity index (χ2n) is 6.05. The van der Waals surface area contributed by atoms with Crippen LogP contribution in [0.3, 0.4) is 0 Å². The molecule has 0 saturated heterocycles. The quantitative estimate of drug-likeness (QED) is 0.587. The van der Waals surface area contributed by atoms with Gasteiger partial charge >= 0.3 is 0 Å². The summed E-state index contributed by atoms with van der Waals surface area (Å²) in [4.78, 5) is 20.9. The molecule has 1 aromatic carbocycles. The van der Waals surface area contributed by atoms with Crippen LogP contribution in [-0.2, 0) is 16.6 Å². The molecule has 2 heterocycles. The van der Waals surface area contributed by atoms with Crippen molar-refractivity contribution in [2.24, 2.45) is 0 Å². The molecule has 0 unspecified atom stereocenters. The van der Waals surface area contributed by atoms with Crippen molar-refractivity contribution in [3.8, 4) is 11.3 Å². The first-order valence-electron chi connectivity index (χ1n) is 8.70. The van der Waals surface area contributed by atoms with Gasteiger partial charge in [0.1, 0.15) is 5.01 Å². The number of benzene rings is 1. The predicted octanol–water partition coefficient (Wildman–Crippen LogP) is 3.29. The Kier molecular flexibility index (Phi) is 6.37. The molecule has 146 valence electrons. The molecule has 2 N–H and O–H groups in total. The number of amides is 1. The molecule has 0 aliphatic rings. The first-order chi connectivity index (χ1) is 13.5. The van der Waals surface area contributed by atoms with Gasteiger partial charge in [0.2, 0.25) is 10.0 Å². The Labute approximate surface area is 167 Å². The lowest BCUT2D eigenvalue weighted by Crippen LogP contribution is -2.23. The van der Waals surface area contributed by atoms with Gasteiger partial charge in [-0.1, -0.05) is 13.0 Å². The average molecular weight is 417 g/mol. The fourth-order valence-electron chi connectivity index (χ4n) is 2.53. The maximum absolute atomic E-state index is 12.4. The molecule has 3 rings (SSSR count). The van der Waals surface area contributed by atoms with Crippen molar-refractivity contribution in [3.05, 3.63) is 64.7 Å². The number of hydrogen-bond acceptors (Lipinski definition) is 6. The number of aromatic nitrogens is 2. The molecule has 2 aromatic heterocycles. The number of sulfonamides is 1. The van der Waals surface area contributed by atoms with Crippen LogP contribution in [0.2, 0.25) is 0 Å². The summed E-state index contributed by atoms with van der Waals surface area (Å²) in [5.74, 6) is -0.259. The minimum Gasteiger partial charge on any atom is -0.346 e. The molecule has 28 heavy (non-hydrogen) atoms. The Balaban J connectivity index is 1.63. The second-order valence-corrected chi connectivity index (χ2v) is 8.83. The largest absolute Gasteiger partial charge is 0.346 e. The molecule has 0 aliphatic carbocycles. The summed E-state index contributed by atoms with van der Waals surface area (Å²) in [5.41, 5.74) is 2.55. The fraction of sp³-hybridized carbons (Fsp3) is 0.211. The number of anilines is 1. The summed E-state index contributed by atoms with van der Waals surface area (Å²) >= 11 is 1.46. The minimum atomic E-state index is -3.40. The minimum absolute atomic E-state index is 0.0350. The Morgan fingerprint density at radius 3 is 2.71 bits per heavy atom. The molecule has 0 saturated carbocycles. The zero-order valence-corrected chi connectivity index (χ0v) is 16.9. The maximum atomic E-state index is 12.4. The van der Waals surface area contributed by atoms with E-state index in [1.165, 1.54) is 17.4 Å². The van der Waals surface area contributed by atoms with Crippen molar-refractivity contribution in [3.63, 3.8) is 0 Å². The summed E-state index contributed by atoms with van der Waals surface area (Å²) < 4.78 is 26.3. The van der Waals surface area contributed by atoms with Gasteiger partial charge in [-0.15, -0.1) is 11.3 Å². The van der Waals surface area contributed by atoms with Crippen LogP contribution in [0.15, 0.2) is 54.2 Å². The van der Waals surface area contributed by atoms with E-state index in [-0.39, 0.29) is 11.7 Å². The van der Waals surface area contributed by atoms with E-state index in [4.69, 9.17) is 0 Å². The number of nitrogens with zero attached hydrogens (tertiary/aromatic N) is 2. The molecule has 0 atom stereocenters. The number of pyridine rings is 1. The van der Waals surface area contributed by atoms with Gasteiger partial charge in [0.15, 0.2) is 0 Å². The first kappa shape index (κ1) is 20.0. The number of hydrogen-bond donors (Lipinski definition) is 2. The summed E-state index contributed by atoms with van der Waals surface area (Å²) in [6.45, 7) is 2.09. The molecule has 3 aromatic rings. The third-order valence-corrected chi connectivity index (χ3v) is 6.14. The molecule has 0 radical (unpaired) electrons. The van der Waals surface area contributed by atoms with E-state index in [1.54, 1.807) is 37.5 Å². The fourth-order valence-corrected chi connectivity index (χ4v) is 4.40. The van der Waals surface area contributed by atoms with E-state index in [2.05, 4.69) is 20.0 Å². The predicted molar refractivity (Wildman–Crippen MR) is 111 cm³/mol. The molecule has 0 fully saturated rings. The van der Waals surface area contributed by atoms with Gasteiger partial charge in [0, 0.05) is 34.6 Å². The standard InChI is InChI=1S/C19H20N4O3S2/c1-2-10-28(25,26)23-16-5-3-4-15(11-16)19(24)21-12-18-22-17(13-27-18)14-6-8-20-9-7-14/h3-9,11,13,23H,2,10,12H2,1H3,(H,21,24). The SMILES string of the molecule is CCCS(=O)(=O)Nc1cccc(C(=O)NCc2nc(-c3ccncc3)cs2)c1. The normalized spacial score (nSPS) is 11.2. The van der Waals surface area contributed by atoms with E-state index in [0.29, 0.717) is 24.2 Å². The topological polar surface area (TPSA) is 101 Å². The third-order valence-electron chi connectivity index (χ3n) is 3.80. The summed E-state index contributed by atoms with van der Waals surface area (Å²) in [5, 5.41) is 5.52. The van der Waals surface area contributed by atoms with Crippen molar-refractivity contribution >= 4 is 33.0 Å². The van der Waals surface area contributed by atoms with Crippen molar-refractivity contribution in [1.82, 2.24) is 15.3 Å². The number of rotatable bonds is 8. The van der Waals surface area contributed by atoms with Crippen LogP contribution >= 0.6 is 11.3 Å². The molecule has 1 amide bonds. The molecule has 9 heteroatoms. The molecular weight excluding hydrogens is 396 g/mol. The highest BCUT2D eigenvalue weighted by Crippen LogP contribution is 2.21. The van der Waals surface area contributed by atoms with Crippen molar-refractivity contribution in [2.45, 2.75) is 19.9 Å². The van der Waals surface area contributed by atoms with Crippen LogP contribution < -0.4 is 10.0 Å². The second kappa shape index (κ2) is 8.94. The van der Waals surface area contributed by atoms with E-state index < -0.39 is 10.0 Å². The van der Waals surface area contributed by atoms with Crippen LogP contribution in [0.1, 0.15) is 28.7 Å². The lowest BCUT2D eigenvalue weighted by molar-refractivity contribution is 0.0951. The highest BCUT2D eigenvalue weighted by molar-refractivity contribution is 7.92. The van der Waals surface area contributed by atoms with Gasteiger partial charge in [-0.2, -0.15) is 0 Å². The first-order valence-corrected chi connectivity index (χ1v) is 11.2. The van der Waals surface area contributed by atoms with Crippen molar-refractivity contribution in [2.75, 3.05) is 10.5 Å². The van der Waals surface area contributed by atoms with E-state index >= 15 is 0 Å². The molecular formula is C19H20N4O3S2. The van der Waals surface area contributed by atoms with Gasteiger partial charge in [-0.25, -0.2) is 13.4 Å². The lowest BCUT2D eigenvalue weighted by atomic mass is 10.2. The van der Waals surface area contributed by atoms with E-state index in [0.717, 1.165) is 16.3 Å². The van der Waals surface area contributed by atoms with Crippen molar-refractivity contribution in [1.29, 1.82) is 0 Å². The lowest BCUT2D eigenvalue weighted by Gasteiger charge is -2.09.